The third-order valence-electron chi connectivity index (χ3n) is 4.03. The average Bonchev–Trinajstić information content (AvgIpc) is 2.51. The van der Waals surface area contributed by atoms with E-state index in [4.69, 9.17) is 0 Å². The van der Waals surface area contributed by atoms with Crippen molar-refractivity contribution in [3.63, 3.8) is 0 Å². The number of nitrogens with zero attached hydrogens (tertiary/aromatic N) is 3. The van der Waals surface area contributed by atoms with Gasteiger partial charge in [0.05, 0.1) is 0 Å². The van der Waals surface area contributed by atoms with Gasteiger partial charge in [0.2, 0.25) is 5.91 Å². The number of pyridine rings is 1. The highest BCUT2D eigenvalue weighted by Gasteiger charge is 2.18. The molecule has 0 aromatic carbocycles. The van der Waals surface area contributed by atoms with Gasteiger partial charge in [-0.15, -0.1) is 0 Å². The second-order valence-electron chi connectivity index (χ2n) is 6.08. The highest BCUT2D eigenvalue weighted by molar-refractivity contribution is 5.76. The van der Waals surface area contributed by atoms with Crippen LogP contribution in [0.2, 0.25) is 0 Å². The van der Waals surface area contributed by atoms with Crippen LogP contribution >= 0.6 is 0 Å². The molecule has 2 rings (SSSR count). The molecule has 0 bridgehead atoms. The van der Waals surface area contributed by atoms with E-state index in [2.05, 4.69) is 9.97 Å². The van der Waals surface area contributed by atoms with Gasteiger partial charge >= 0.3 is 5.69 Å². The van der Waals surface area contributed by atoms with Crippen LogP contribution in [-0.2, 0) is 17.8 Å². The third kappa shape index (κ3) is 4.18. The van der Waals surface area contributed by atoms with Crippen molar-refractivity contribution in [1.29, 1.82) is 0 Å². The number of rotatable bonds is 5. The van der Waals surface area contributed by atoms with E-state index < -0.39 is 11.2 Å². The first kappa shape index (κ1) is 17.7. The molecule has 0 saturated heterocycles. The van der Waals surface area contributed by atoms with Crippen LogP contribution in [-0.4, -0.2) is 38.4 Å². The zero-order valence-corrected chi connectivity index (χ0v) is 14.4. The minimum atomic E-state index is -0.583. The largest absolute Gasteiger partial charge is 0.341 e. The average molecular weight is 330 g/mol. The molecular weight excluding hydrogens is 308 g/mol. The number of hydrogen-bond acceptors (Lipinski definition) is 4. The summed E-state index contributed by atoms with van der Waals surface area (Å²) in [7, 11) is 1.70. The Kier molecular flexibility index (Phi) is 5.33. The fraction of sp³-hybridized carbons (Fsp3) is 0.412. The molecule has 7 nitrogen and oxygen atoms in total. The monoisotopic (exact) mass is 330 g/mol. The van der Waals surface area contributed by atoms with Gasteiger partial charge in [-0.2, -0.15) is 0 Å². The van der Waals surface area contributed by atoms with Crippen LogP contribution in [0.25, 0.3) is 0 Å². The topological polar surface area (TPSA) is 88.1 Å². The lowest BCUT2D eigenvalue weighted by molar-refractivity contribution is -0.132. The van der Waals surface area contributed by atoms with Gasteiger partial charge in [0, 0.05) is 43.2 Å². The summed E-state index contributed by atoms with van der Waals surface area (Å²) in [5.41, 5.74) is 1.41. The quantitative estimate of drug-likeness (QED) is 0.871. The van der Waals surface area contributed by atoms with Gasteiger partial charge in [0.1, 0.15) is 6.54 Å². The van der Waals surface area contributed by atoms with E-state index in [1.165, 1.54) is 10.8 Å². The summed E-state index contributed by atoms with van der Waals surface area (Å²) in [4.78, 5) is 43.7. The van der Waals surface area contributed by atoms with E-state index in [0.29, 0.717) is 12.0 Å². The number of carbonyl (C=O) groups excluding carboxylic acids is 1. The second kappa shape index (κ2) is 7.25. The van der Waals surface area contributed by atoms with Crippen LogP contribution in [0.4, 0.5) is 0 Å². The predicted molar refractivity (Wildman–Crippen MR) is 91.0 cm³/mol. The summed E-state index contributed by atoms with van der Waals surface area (Å²) in [6.45, 7) is 5.41. The number of nitrogens with one attached hydrogen (secondary N) is 1. The number of hydrogen-bond donors (Lipinski definition) is 1. The van der Waals surface area contributed by atoms with Crippen LogP contribution in [0.15, 0.2) is 34.1 Å². The van der Waals surface area contributed by atoms with Crippen LogP contribution < -0.4 is 11.2 Å². The first-order chi connectivity index (χ1) is 11.3. The van der Waals surface area contributed by atoms with E-state index in [1.54, 1.807) is 25.1 Å². The second-order valence-corrected chi connectivity index (χ2v) is 6.08. The third-order valence-corrected chi connectivity index (χ3v) is 4.03. The molecule has 0 radical (unpaired) electrons. The maximum atomic E-state index is 12.4. The maximum absolute atomic E-state index is 12.4. The molecule has 2 heterocycles. The number of amides is 1. The van der Waals surface area contributed by atoms with Crippen molar-refractivity contribution >= 4 is 5.91 Å². The molecule has 0 saturated carbocycles. The molecule has 0 unspecified atom stereocenters. The summed E-state index contributed by atoms with van der Waals surface area (Å²) in [5.74, 6) is -0.205. The van der Waals surface area contributed by atoms with E-state index >= 15 is 0 Å². The van der Waals surface area contributed by atoms with Gasteiger partial charge < -0.3 is 4.90 Å². The number of aryl methyl sites for hydroxylation is 2. The Morgan fingerprint density at radius 1 is 1.38 bits per heavy atom. The number of aromatic nitrogens is 3. The molecule has 0 fully saturated rings. The van der Waals surface area contributed by atoms with Crippen molar-refractivity contribution in [1.82, 2.24) is 19.4 Å². The number of aromatic amines is 1. The lowest BCUT2D eigenvalue weighted by atomic mass is 10.1. The molecule has 7 heteroatoms. The SMILES string of the molecule is Cc1ccnc(C[C@H](C)N(C)C(=O)Cn2cc(C)c(=O)[nH]c2=O)c1. The molecule has 128 valence electrons. The molecule has 1 amide bonds. The molecule has 2 aromatic heterocycles. The van der Waals surface area contributed by atoms with Gasteiger partial charge in [0.25, 0.3) is 5.56 Å². The zero-order chi connectivity index (χ0) is 17.9. The fourth-order valence-electron chi connectivity index (χ4n) is 2.39. The molecule has 24 heavy (non-hydrogen) atoms. The van der Waals surface area contributed by atoms with Crippen molar-refractivity contribution in [2.45, 2.75) is 39.8 Å². The smallest absolute Gasteiger partial charge is 0.328 e. The Labute approximate surface area is 140 Å². The summed E-state index contributed by atoms with van der Waals surface area (Å²) in [6, 6.07) is 3.85. The molecule has 0 aliphatic heterocycles. The highest BCUT2D eigenvalue weighted by Crippen LogP contribution is 2.08. The Balaban J connectivity index is 2.07. The Bertz CT molecular complexity index is 853. The number of H-pyrrole nitrogens is 1. The van der Waals surface area contributed by atoms with E-state index in [9.17, 15) is 14.4 Å². The van der Waals surface area contributed by atoms with Crippen molar-refractivity contribution in [3.05, 3.63) is 62.2 Å². The molecule has 0 aliphatic rings. The Morgan fingerprint density at radius 2 is 2.08 bits per heavy atom. The number of likely N-dealkylation sites (N-methyl/N-ethyl adjacent to an activating group) is 1. The number of carbonyl (C=O) groups is 1. The van der Waals surface area contributed by atoms with Gasteiger partial charge in [0.15, 0.2) is 0 Å². The van der Waals surface area contributed by atoms with Crippen molar-refractivity contribution in [2.75, 3.05) is 7.05 Å². The lowest BCUT2D eigenvalue weighted by Gasteiger charge is -2.25. The van der Waals surface area contributed by atoms with Crippen molar-refractivity contribution in [3.8, 4) is 0 Å². The van der Waals surface area contributed by atoms with Gasteiger partial charge in [-0.3, -0.25) is 24.1 Å². The Morgan fingerprint density at radius 3 is 2.75 bits per heavy atom. The molecule has 2 aromatic rings. The van der Waals surface area contributed by atoms with E-state index in [-0.39, 0.29) is 18.5 Å². The molecule has 1 atom stereocenters. The summed E-state index contributed by atoms with van der Waals surface area (Å²) in [6.07, 6.45) is 3.78. The standard InChI is InChI=1S/C17H22N4O3/c1-11-5-6-18-14(7-11)8-13(3)20(4)15(22)10-21-9-12(2)16(23)19-17(21)24/h5-7,9,13H,8,10H2,1-4H3,(H,19,23,24)/t13-/m0/s1. The van der Waals surface area contributed by atoms with Crippen molar-refractivity contribution < 1.29 is 4.79 Å². The van der Waals surface area contributed by atoms with Crippen molar-refractivity contribution in [2.24, 2.45) is 0 Å². The first-order valence-electron chi connectivity index (χ1n) is 7.75. The summed E-state index contributed by atoms with van der Waals surface area (Å²) < 4.78 is 1.22. The maximum Gasteiger partial charge on any atom is 0.328 e. The minimum absolute atomic E-state index is 0.0636. The molecular formula is C17H22N4O3. The molecule has 0 spiro atoms. The molecule has 0 aliphatic carbocycles. The van der Waals surface area contributed by atoms with Crippen LogP contribution in [0.5, 0.6) is 0 Å². The first-order valence-corrected chi connectivity index (χ1v) is 7.75. The van der Waals surface area contributed by atoms with Crippen LogP contribution in [0.3, 0.4) is 0 Å². The Hall–Kier alpha value is -2.70. The molecule has 1 N–H and O–H groups in total. The fourth-order valence-corrected chi connectivity index (χ4v) is 2.39. The van der Waals surface area contributed by atoms with Gasteiger partial charge in [-0.25, -0.2) is 4.79 Å². The van der Waals surface area contributed by atoms with E-state index in [1.807, 2.05) is 26.0 Å². The van der Waals surface area contributed by atoms with Gasteiger partial charge in [-0.05, 0) is 38.5 Å². The van der Waals surface area contributed by atoms with Gasteiger partial charge in [-0.1, -0.05) is 0 Å². The highest BCUT2D eigenvalue weighted by atomic mass is 16.2. The summed E-state index contributed by atoms with van der Waals surface area (Å²) >= 11 is 0. The van der Waals surface area contributed by atoms with E-state index in [0.717, 1.165) is 11.3 Å². The van der Waals surface area contributed by atoms with Crippen LogP contribution in [0, 0.1) is 13.8 Å². The minimum Gasteiger partial charge on any atom is -0.341 e. The normalized spacial score (nSPS) is 12.0. The lowest BCUT2D eigenvalue weighted by Crippen LogP contribution is -2.41. The van der Waals surface area contributed by atoms with Crippen LogP contribution in [0.1, 0.15) is 23.7 Å². The zero-order valence-electron chi connectivity index (χ0n) is 14.4. The summed E-state index contributed by atoms with van der Waals surface area (Å²) in [5, 5.41) is 0. The predicted octanol–water partition coefficient (Wildman–Crippen LogP) is 0.638.